The fraction of sp³-hybridized carbons (Fsp3) is 0.300. The zero-order chi connectivity index (χ0) is 13.8. The minimum Gasteiger partial charge on any atom is -0.384 e. The molecule has 1 rings (SSSR count). The molecule has 0 unspecified atom stereocenters. The van der Waals surface area contributed by atoms with E-state index in [9.17, 15) is 12.8 Å². The summed E-state index contributed by atoms with van der Waals surface area (Å²) in [5.41, 5.74) is 4.90. The summed E-state index contributed by atoms with van der Waals surface area (Å²) < 4.78 is 43.5. The lowest BCUT2D eigenvalue weighted by Gasteiger charge is -2.12. The molecule has 0 atom stereocenters. The normalized spacial score (nSPS) is 11.2. The van der Waals surface area contributed by atoms with E-state index in [0.717, 1.165) is 6.07 Å². The van der Waals surface area contributed by atoms with Gasteiger partial charge in [0.25, 0.3) is 0 Å². The first-order valence-corrected chi connectivity index (χ1v) is 6.65. The summed E-state index contributed by atoms with van der Waals surface area (Å²) in [5.74, 6) is -1.57. The number of methoxy groups -OCH3 is 1. The number of sulfonamides is 1. The zero-order valence-corrected chi connectivity index (χ0v) is 10.6. The van der Waals surface area contributed by atoms with E-state index in [2.05, 4.69) is 9.46 Å². The van der Waals surface area contributed by atoms with Crippen molar-refractivity contribution in [2.45, 2.75) is 0 Å². The molecule has 0 aliphatic heterocycles. The molecule has 0 spiro atoms. The Morgan fingerprint density at radius 1 is 1.56 bits per heavy atom. The maximum absolute atomic E-state index is 13.4. The molecule has 0 amide bonds. The van der Waals surface area contributed by atoms with Gasteiger partial charge >= 0.3 is 0 Å². The van der Waals surface area contributed by atoms with Crippen LogP contribution in [0, 0.1) is 11.2 Å². The van der Waals surface area contributed by atoms with Crippen LogP contribution in [0.3, 0.4) is 0 Å². The van der Waals surface area contributed by atoms with E-state index in [0.29, 0.717) is 0 Å². The van der Waals surface area contributed by atoms with Crippen LogP contribution in [0.15, 0.2) is 18.2 Å². The molecule has 18 heavy (non-hydrogen) atoms. The standard InChI is InChI=1S/C10H14FN3O3S/c1-17-5-6-18(15,16)14-8-4-2-3-7(11)9(8)10(12)13/h2-4,14H,5-6H2,1H3,(H3,12,13). The smallest absolute Gasteiger partial charge is 0.235 e. The maximum atomic E-state index is 13.4. The van der Waals surface area contributed by atoms with Gasteiger partial charge in [0, 0.05) is 7.11 Å². The fourth-order valence-electron chi connectivity index (χ4n) is 1.29. The molecule has 0 aliphatic rings. The lowest BCUT2D eigenvalue weighted by molar-refractivity contribution is 0.217. The van der Waals surface area contributed by atoms with E-state index in [-0.39, 0.29) is 23.6 Å². The highest BCUT2D eigenvalue weighted by Gasteiger charge is 2.16. The number of nitrogens with one attached hydrogen (secondary N) is 2. The molecule has 0 aromatic heterocycles. The minimum atomic E-state index is -3.66. The van der Waals surface area contributed by atoms with Crippen LogP contribution in [0.2, 0.25) is 0 Å². The molecule has 4 N–H and O–H groups in total. The van der Waals surface area contributed by atoms with Crippen LogP contribution < -0.4 is 10.5 Å². The van der Waals surface area contributed by atoms with Gasteiger partial charge in [-0.2, -0.15) is 0 Å². The van der Waals surface area contributed by atoms with Gasteiger partial charge in [-0.05, 0) is 12.1 Å². The molecular formula is C10H14FN3O3S. The van der Waals surface area contributed by atoms with Crippen LogP contribution in [0.4, 0.5) is 10.1 Å². The van der Waals surface area contributed by atoms with Gasteiger partial charge in [-0.15, -0.1) is 0 Å². The second-order valence-electron chi connectivity index (χ2n) is 3.49. The number of ether oxygens (including phenoxy) is 1. The van der Waals surface area contributed by atoms with Crippen LogP contribution >= 0.6 is 0 Å². The number of hydrogen-bond acceptors (Lipinski definition) is 4. The Hall–Kier alpha value is -1.67. The quantitative estimate of drug-likeness (QED) is 0.519. The lowest BCUT2D eigenvalue weighted by Crippen LogP contribution is -2.23. The SMILES string of the molecule is COCCS(=O)(=O)Nc1cccc(F)c1C(=N)N. The van der Waals surface area contributed by atoms with Crippen LogP contribution in [-0.2, 0) is 14.8 Å². The van der Waals surface area contributed by atoms with Crippen molar-refractivity contribution >= 4 is 21.5 Å². The highest BCUT2D eigenvalue weighted by atomic mass is 32.2. The molecule has 1 aromatic rings. The number of anilines is 1. The highest BCUT2D eigenvalue weighted by molar-refractivity contribution is 7.92. The number of amidine groups is 1. The van der Waals surface area contributed by atoms with Gasteiger partial charge in [0.15, 0.2) is 0 Å². The average Bonchev–Trinajstić information content (AvgIpc) is 2.25. The van der Waals surface area contributed by atoms with Crippen molar-refractivity contribution in [1.82, 2.24) is 0 Å². The van der Waals surface area contributed by atoms with Crippen LogP contribution in [-0.4, -0.2) is 33.7 Å². The highest BCUT2D eigenvalue weighted by Crippen LogP contribution is 2.19. The Balaban J connectivity index is 3.05. The van der Waals surface area contributed by atoms with Gasteiger partial charge in [-0.25, -0.2) is 12.8 Å². The minimum absolute atomic E-state index is 0.0139. The summed E-state index contributed by atoms with van der Waals surface area (Å²) in [4.78, 5) is 0. The van der Waals surface area contributed by atoms with Gasteiger partial charge in [0.2, 0.25) is 10.0 Å². The molecular weight excluding hydrogens is 261 g/mol. The van der Waals surface area contributed by atoms with E-state index in [1.165, 1.54) is 19.2 Å². The molecule has 0 bridgehead atoms. The first-order chi connectivity index (χ1) is 8.37. The first-order valence-electron chi connectivity index (χ1n) is 4.99. The van der Waals surface area contributed by atoms with Crippen LogP contribution in [0.25, 0.3) is 0 Å². The third-order valence-corrected chi connectivity index (χ3v) is 3.34. The number of rotatable bonds is 6. The largest absolute Gasteiger partial charge is 0.384 e. The molecule has 0 aliphatic carbocycles. The van der Waals surface area contributed by atoms with Crippen molar-refractivity contribution < 1.29 is 17.5 Å². The third kappa shape index (κ3) is 3.67. The summed E-state index contributed by atoms with van der Waals surface area (Å²) in [7, 11) is -2.29. The number of nitrogen functional groups attached to an aromatic ring is 1. The molecule has 0 heterocycles. The van der Waals surface area contributed by atoms with Crippen molar-refractivity contribution in [3.05, 3.63) is 29.6 Å². The topological polar surface area (TPSA) is 105 Å². The Morgan fingerprint density at radius 2 is 2.22 bits per heavy atom. The average molecular weight is 275 g/mol. The summed E-state index contributed by atoms with van der Waals surface area (Å²) in [5, 5.41) is 7.24. The van der Waals surface area contributed by atoms with E-state index >= 15 is 0 Å². The van der Waals surface area contributed by atoms with Crippen molar-refractivity contribution in [2.24, 2.45) is 5.73 Å². The summed E-state index contributed by atoms with van der Waals surface area (Å²) >= 11 is 0. The Kier molecular flexibility index (Phi) is 4.62. The van der Waals surface area contributed by atoms with Crippen LogP contribution in [0.1, 0.15) is 5.56 Å². The van der Waals surface area contributed by atoms with Gasteiger partial charge in [0.05, 0.1) is 23.6 Å². The van der Waals surface area contributed by atoms with Gasteiger partial charge < -0.3 is 10.5 Å². The molecule has 0 saturated carbocycles. The zero-order valence-electron chi connectivity index (χ0n) is 9.73. The molecule has 100 valence electrons. The molecule has 0 radical (unpaired) electrons. The first kappa shape index (κ1) is 14.4. The van der Waals surface area contributed by atoms with E-state index < -0.39 is 21.7 Å². The van der Waals surface area contributed by atoms with Crippen LogP contribution in [0.5, 0.6) is 0 Å². The Bertz CT molecular complexity index is 545. The summed E-state index contributed by atoms with van der Waals surface area (Å²) in [6.45, 7) is 0.0139. The number of benzene rings is 1. The van der Waals surface area contributed by atoms with E-state index in [1.807, 2.05) is 0 Å². The molecule has 0 fully saturated rings. The van der Waals surface area contributed by atoms with Gasteiger partial charge in [-0.1, -0.05) is 6.07 Å². The summed E-state index contributed by atoms with van der Waals surface area (Å²) in [6.07, 6.45) is 0. The second-order valence-corrected chi connectivity index (χ2v) is 5.33. The van der Waals surface area contributed by atoms with Crippen molar-refractivity contribution in [1.29, 1.82) is 5.41 Å². The predicted molar refractivity (Wildman–Crippen MR) is 66.7 cm³/mol. The predicted octanol–water partition coefficient (Wildman–Crippen LogP) is 0.498. The Morgan fingerprint density at radius 3 is 2.78 bits per heavy atom. The van der Waals surface area contributed by atoms with E-state index in [4.69, 9.17) is 11.1 Å². The molecule has 8 heteroatoms. The van der Waals surface area contributed by atoms with Crippen molar-refractivity contribution in [3.8, 4) is 0 Å². The second kappa shape index (κ2) is 5.78. The van der Waals surface area contributed by atoms with Crippen molar-refractivity contribution in [2.75, 3.05) is 24.2 Å². The number of halogens is 1. The molecule has 0 saturated heterocycles. The summed E-state index contributed by atoms with van der Waals surface area (Å²) in [6, 6.07) is 3.77. The fourth-order valence-corrected chi connectivity index (χ4v) is 2.29. The van der Waals surface area contributed by atoms with Crippen molar-refractivity contribution in [3.63, 3.8) is 0 Å². The number of hydrogen-bond donors (Lipinski definition) is 3. The van der Waals surface area contributed by atoms with Gasteiger partial charge in [-0.3, -0.25) is 10.1 Å². The molecule has 1 aromatic carbocycles. The third-order valence-electron chi connectivity index (χ3n) is 2.10. The Labute approximate surface area is 105 Å². The van der Waals surface area contributed by atoms with Gasteiger partial charge in [0.1, 0.15) is 11.7 Å². The van der Waals surface area contributed by atoms with E-state index in [1.54, 1.807) is 0 Å². The number of nitrogens with two attached hydrogens (primary N) is 1. The molecule has 6 nitrogen and oxygen atoms in total. The monoisotopic (exact) mass is 275 g/mol. The maximum Gasteiger partial charge on any atom is 0.235 e. The lowest BCUT2D eigenvalue weighted by atomic mass is 10.1.